The molecule has 0 aliphatic carbocycles. The maximum atomic E-state index is 9.49. The Labute approximate surface area is 68.1 Å². The molecule has 0 aromatic carbocycles. The van der Waals surface area contributed by atoms with Gasteiger partial charge in [0.1, 0.15) is 0 Å². The second-order valence-corrected chi connectivity index (χ2v) is 2.58. The number of hydrogen-bond donors (Lipinski definition) is 2. The Balaban J connectivity index is 0. The van der Waals surface area contributed by atoms with E-state index in [2.05, 4.69) is 11.9 Å². The van der Waals surface area contributed by atoms with Crippen LogP contribution in [0, 0.1) is 0 Å². The van der Waals surface area contributed by atoms with Crippen LogP contribution < -0.4 is 5.32 Å². The van der Waals surface area contributed by atoms with E-state index in [0.29, 0.717) is 13.0 Å². The molecule has 0 radical (unpaired) electrons. The summed E-state index contributed by atoms with van der Waals surface area (Å²) >= 11 is 0. The first-order chi connectivity index (χ1) is 5.00. The predicted molar refractivity (Wildman–Crippen MR) is 46.2 cm³/mol. The summed E-state index contributed by atoms with van der Waals surface area (Å²) in [5.41, 5.74) is 1.17. The van der Waals surface area contributed by atoms with Gasteiger partial charge in [-0.25, -0.2) is 0 Å². The van der Waals surface area contributed by atoms with E-state index in [-0.39, 0.29) is 0 Å². The maximum absolute atomic E-state index is 9.49. The van der Waals surface area contributed by atoms with Gasteiger partial charge in [0.2, 0.25) is 6.41 Å². The number of carbonyl (C=O) groups excluding carboxylic acids is 1. The molecule has 0 aromatic heterocycles. The van der Waals surface area contributed by atoms with Crippen molar-refractivity contribution in [3.63, 3.8) is 0 Å². The molecule has 3 heteroatoms. The SMILES string of the molecule is C=C(C)C.CC(O)CNC=O. The van der Waals surface area contributed by atoms with Gasteiger partial charge in [-0.3, -0.25) is 4.79 Å². The molecular weight excluding hydrogens is 142 g/mol. The Morgan fingerprint density at radius 3 is 2.18 bits per heavy atom. The quantitative estimate of drug-likeness (QED) is 0.470. The lowest BCUT2D eigenvalue weighted by Crippen LogP contribution is -2.22. The summed E-state index contributed by atoms with van der Waals surface area (Å²) in [6.07, 6.45) is 0.123. The zero-order chi connectivity index (χ0) is 9.28. The van der Waals surface area contributed by atoms with Crippen molar-refractivity contribution >= 4 is 6.41 Å². The van der Waals surface area contributed by atoms with Crippen LogP contribution in [0.25, 0.3) is 0 Å². The van der Waals surface area contributed by atoms with Crippen molar-refractivity contribution in [1.82, 2.24) is 5.32 Å². The summed E-state index contributed by atoms with van der Waals surface area (Å²) in [5.74, 6) is 0. The Morgan fingerprint density at radius 1 is 1.73 bits per heavy atom. The van der Waals surface area contributed by atoms with Gasteiger partial charge in [-0.1, -0.05) is 5.57 Å². The molecule has 0 saturated heterocycles. The topological polar surface area (TPSA) is 49.3 Å². The smallest absolute Gasteiger partial charge is 0.207 e. The fourth-order valence-corrected chi connectivity index (χ4v) is 0.219. The highest BCUT2D eigenvalue weighted by Crippen LogP contribution is 1.73. The van der Waals surface area contributed by atoms with Crippen molar-refractivity contribution in [2.45, 2.75) is 26.9 Å². The molecule has 2 N–H and O–H groups in total. The third kappa shape index (κ3) is 46.9. The molecule has 0 bridgehead atoms. The highest BCUT2D eigenvalue weighted by molar-refractivity contribution is 5.45. The molecule has 3 nitrogen and oxygen atoms in total. The fourth-order valence-electron chi connectivity index (χ4n) is 0.219. The zero-order valence-corrected chi connectivity index (χ0v) is 7.42. The van der Waals surface area contributed by atoms with Gasteiger partial charge in [0.05, 0.1) is 6.10 Å². The van der Waals surface area contributed by atoms with Gasteiger partial charge >= 0.3 is 0 Å². The molecule has 0 aromatic rings. The highest BCUT2D eigenvalue weighted by atomic mass is 16.3. The first-order valence-electron chi connectivity index (χ1n) is 3.48. The van der Waals surface area contributed by atoms with Crippen LogP contribution in [0.4, 0.5) is 0 Å². The molecule has 1 atom stereocenters. The fraction of sp³-hybridized carbons (Fsp3) is 0.625. The minimum Gasteiger partial charge on any atom is -0.392 e. The van der Waals surface area contributed by atoms with E-state index in [0.717, 1.165) is 0 Å². The van der Waals surface area contributed by atoms with E-state index < -0.39 is 6.10 Å². The standard InChI is InChI=1S/C4H9NO2.C4H8/c1-4(7)2-5-3-6;1-4(2)3/h3-4,7H,2H2,1H3,(H,5,6);1H2,2-3H3. The molecule has 0 spiro atoms. The Morgan fingerprint density at radius 2 is 2.09 bits per heavy atom. The first-order valence-corrected chi connectivity index (χ1v) is 3.48. The van der Waals surface area contributed by atoms with Crippen LogP contribution in [0.3, 0.4) is 0 Å². The van der Waals surface area contributed by atoms with E-state index in [1.54, 1.807) is 6.92 Å². The number of hydrogen-bond acceptors (Lipinski definition) is 2. The molecule has 1 amide bonds. The summed E-state index contributed by atoms with van der Waals surface area (Å²) in [6, 6.07) is 0. The molecule has 0 rings (SSSR count). The number of allylic oxidation sites excluding steroid dienone is 1. The molecular formula is C8H17NO2. The molecule has 0 aliphatic heterocycles. The van der Waals surface area contributed by atoms with Crippen molar-refractivity contribution in [3.05, 3.63) is 12.2 Å². The number of nitrogens with one attached hydrogen (secondary N) is 1. The van der Waals surface area contributed by atoms with Crippen LogP contribution in [0.2, 0.25) is 0 Å². The summed E-state index contributed by atoms with van der Waals surface area (Å²) in [7, 11) is 0. The number of carbonyl (C=O) groups is 1. The predicted octanol–water partition coefficient (Wildman–Crippen LogP) is 0.696. The average Bonchev–Trinajstić information content (AvgIpc) is 1.82. The molecule has 0 aliphatic rings. The van der Waals surface area contributed by atoms with E-state index in [4.69, 9.17) is 5.11 Å². The van der Waals surface area contributed by atoms with Crippen LogP contribution in [-0.4, -0.2) is 24.2 Å². The lowest BCUT2D eigenvalue weighted by Gasteiger charge is -1.98. The first kappa shape index (κ1) is 12.8. The van der Waals surface area contributed by atoms with E-state index in [9.17, 15) is 4.79 Å². The highest BCUT2D eigenvalue weighted by Gasteiger charge is 1.88. The van der Waals surface area contributed by atoms with Crippen molar-refractivity contribution < 1.29 is 9.90 Å². The van der Waals surface area contributed by atoms with Crippen molar-refractivity contribution in [3.8, 4) is 0 Å². The van der Waals surface area contributed by atoms with Crippen LogP contribution in [0.1, 0.15) is 20.8 Å². The monoisotopic (exact) mass is 159 g/mol. The Hall–Kier alpha value is -0.830. The van der Waals surface area contributed by atoms with Crippen molar-refractivity contribution in [2.24, 2.45) is 0 Å². The van der Waals surface area contributed by atoms with Gasteiger partial charge in [-0.15, -0.1) is 6.58 Å². The van der Waals surface area contributed by atoms with Gasteiger partial charge in [-0.05, 0) is 20.8 Å². The Bertz CT molecular complexity index is 107. The second kappa shape index (κ2) is 9.17. The number of amides is 1. The minimum absolute atomic E-state index is 0.337. The second-order valence-electron chi connectivity index (χ2n) is 2.58. The summed E-state index contributed by atoms with van der Waals surface area (Å²) < 4.78 is 0. The normalized spacial score (nSPS) is 10.5. The van der Waals surface area contributed by atoms with Gasteiger partial charge in [0.25, 0.3) is 0 Å². The maximum Gasteiger partial charge on any atom is 0.207 e. The summed E-state index contributed by atoms with van der Waals surface area (Å²) in [4.78, 5) is 9.49. The lowest BCUT2D eigenvalue weighted by atomic mass is 10.4. The van der Waals surface area contributed by atoms with E-state index in [1.807, 2.05) is 13.8 Å². The van der Waals surface area contributed by atoms with E-state index in [1.165, 1.54) is 5.57 Å². The van der Waals surface area contributed by atoms with Crippen LogP contribution in [-0.2, 0) is 4.79 Å². The largest absolute Gasteiger partial charge is 0.392 e. The van der Waals surface area contributed by atoms with Crippen LogP contribution in [0.15, 0.2) is 12.2 Å². The van der Waals surface area contributed by atoms with Crippen LogP contribution in [0.5, 0.6) is 0 Å². The molecule has 0 fully saturated rings. The number of aliphatic hydroxyl groups excluding tert-OH is 1. The molecule has 1 unspecified atom stereocenters. The average molecular weight is 159 g/mol. The minimum atomic E-state index is -0.440. The molecule has 0 heterocycles. The van der Waals surface area contributed by atoms with Gasteiger partial charge in [-0.2, -0.15) is 0 Å². The third-order valence-electron chi connectivity index (χ3n) is 0.497. The lowest BCUT2D eigenvalue weighted by molar-refractivity contribution is -0.109. The summed E-state index contributed by atoms with van der Waals surface area (Å²) in [5, 5.41) is 10.8. The molecule has 66 valence electrons. The van der Waals surface area contributed by atoms with Crippen LogP contribution >= 0.6 is 0 Å². The van der Waals surface area contributed by atoms with Gasteiger partial charge in [0, 0.05) is 6.54 Å². The van der Waals surface area contributed by atoms with Gasteiger partial charge in [0.15, 0.2) is 0 Å². The van der Waals surface area contributed by atoms with Crippen molar-refractivity contribution in [2.75, 3.05) is 6.54 Å². The van der Waals surface area contributed by atoms with E-state index >= 15 is 0 Å². The van der Waals surface area contributed by atoms with Gasteiger partial charge < -0.3 is 10.4 Å². The third-order valence-corrected chi connectivity index (χ3v) is 0.497. The molecule has 0 saturated carbocycles. The number of rotatable bonds is 3. The molecule has 11 heavy (non-hydrogen) atoms. The zero-order valence-electron chi connectivity index (χ0n) is 7.42. The Kier molecular flexibility index (Phi) is 10.7. The summed E-state index contributed by atoms with van der Waals surface area (Å²) in [6.45, 7) is 9.44. The van der Waals surface area contributed by atoms with Crippen molar-refractivity contribution in [1.29, 1.82) is 0 Å². The number of aliphatic hydroxyl groups is 1.